The van der Waals surface area contributed by atoms with Crippen molar-refractivity contribution in [2.24, 2.45) is 5.92 Å². The lowest BCUT2D eigenvalue weighted by Gasteiger charge is -2.32. The predicted molar refractivity (Wildman–Crippen MR) is 56.2 cm³/mol. The maximum Gasteiger partial charge on any atom is 0.419 e. The van der Waals surface area contributed by atoms with Crippen LogP contribution in [0.5, 0.6) is 0 Å². The molecule has 0 spiro atoms. The number of rotatable bonds is 7. The minimum Gasteiger partial charge on any atom is -0.379 e. The zero-order valence-corrected chi connectivity index (χ0v) is 10.1. The van der Waals surface area contributed by atoms with E-state index >= 15 is 0 Å². The Morgan fingerprint density at radius 2 is 1.81 bits per heavy atom. The quantitative estimate of drug-likeness (QED) is 0.695. The molecule has 98 valence electrons. The molecule has 16 heavy (non-hydrogen) atoms. The SMILES string of the molecule is CCCOCC(O)(CC(C)CC)C(F)(F)F. The molecule has 0 saturated carbocycles. The molecule has 0 aliphatic carbocycles. The monoisotopic (exact) mass is 242 g/mol. The Balaban J connectivity index is 4.49. The summed E-state index contributed by atoms with van der Waals surface area (Å²) in [6, 6.07) is 0. The lowest BCUT2D eigenvalue weighted by atomic mass is 9.90. The summed E-state index contributed by atoms with van der Waals surface area (Å²) in [6.07, 6.45) is -3.70. The largest absolute Gasteiger partial charge is 0.419 e. The lowest BCUT2D eigenvalue weighted by molar-refractivity contribution is -0.280. The Morgan fingerprint density at radius 1 is 1.25 bits per heavy atom. The first kappa shape index (κ1) is 15.7. The van der Waals surface area contributed by atoms with Crippen LogP contribution in [-0.4, -0.2) is 30.1 Å². The van der Waals surface area contributed by atoms with Crippen molar-refractivity contribution in [2.75, 3.05) is 13.2 Å². The average molecular weight is 242 g/mol. The van der Waals surface area contributed by atoms with Gasteiger partial charge < -0.3 is 9.84 Å². The Labute approximate surface area is 94.8 Å². The number of aliphatic hydroxyl groups is 1. The molecular formula is C11H21F3O2. The van der Waals surface area contributed by atoms with Crippen LogP contribution in [0.1, 0.15) is 40.0 Å². The molecule has 2 atom stereocenters. The number of halogens is 3. The Kier molecular flexibility index (Phi) is 6.33. The van der Waals surface area contributed by atoms with Crippen LogP contribution in [0, 0.1) is 5.92 Å². The Hall–Kier alpha value is -0.290. The van der Waals surface area contributed by atoms with Crippen LogP contribution in [0.2, 0.25) is 0 Å². The van der Waals surface area contributed by atoms with E-state index in [-0.39, 0.29) is 18.9 Å². The molecule has 0 heterocycles. The third kappa shape index (κ3) is 4.70. The molecule has 0 rings (SSSR count). The highest BCUT2D eigenvalue weighted by Gasteiger charge is 2.54. The van der Waals surface area contributed by atoms with Crippen molar-refractivity contribution in [3.05, 3.63) is 0 Å². The van der Waals surface area contributed by atoms with Gasteiger partial charge in [-0.05, 0) is 18.8 Å². The molecule has 5 heteroatoms. The summed E-state index contributed by atoms with van der Waals surface area (Å²) in [4.78, 5) is 0. The van der Waals surface area contributed by atoms with Gasteiger partial charge in [-0.25, -0.2) is 0 Å². The summed E-state index contributed by atoms with van der Waals surface area (Å²) >= 11 is 0. The van der Waals surface area contributed by atoms with E-state index in [1.165, 1.54) is 0 Å². The first-order valence-electron chi connectivity index (χ1n) is 5.63. The second kappa shape index (κ2) is 6.45. The second-order valence-corrected chi connectivity index (χ2v) is 4.30. The number of hydrogen-bond acceptors (Lipinski definition) is 2. The van der Waals surface area contributed by atoms with Gasteiger partial charge in [0.15, 0.2) is 5.60 Å². The van der Waals surface area contributed by atoms with Crippen LogP contribution in [0.4, 0.5) is 13.2 Å². The first-order valence-corrected chi connectivity index (χ1v) is 5.63. The molecule has 0 aliphatic rings. The van der Waals surface area contributed by atoms with Gasteiger partial charge in [0.2, 0.25) is 0 Å². The summed E-state index contributed by atoms with van der Waals surface area (Å²) in [5.41, 5.74) is -2.71. The third-order valence-electron chi connectivity index (χ3n) is 2.60. The van der Waals surface area contributed by atoms with Crippen LogP contribution >= 0.6 is 0 Å². The van der Waals surface area contributed by atoms with E-state index in [2.05, 4.69) is 0 Å². The van der Waals surface area contributed by atoms with Gasteiger partial charge in [-0.1, -0.05) is 27.2 Å². The Bertz CT molecular complexity index is 194. The minimum atomic E-state index is -4.63. The van der Waals surface area contributed by atoms with Gasteiger partial charge in [-0.2, -0.15) is 13.2 Å². The molecule has 2 nitrogen and oxygen atoms in total. The molecule has 0 amide bonds. The molecule has 0 saturated heterocycles. The number of alkyl halides is 3. The fourth-order valence-electron chi connectivity index (χ4n) is 1.36. The van der Waals surface area contributed by atoms with Crippen molar-refractivity contribution in [2.45, 2.75) is 51.8 Å². The zero-order chi connectivity index (χ0) is 12.8. The van der Waals surface area contributed by atoms with Crippen LogP contribution in [0.25, 0.3) is 0 Å². The molecule has 1 N–H and O–H groups in total. The molecule has 0 aromatic carbocycles. The van der Waals surface area contributed by atoms with Gasteiger partial charge >= 0.3 is 6.18 Å². The van der Waals surface area contributed by atoms with Gasteiger partial charge in [0.25, 0.3) is 0 Å². The summed E-state index contributed by atoms with van der Waals surface area (Å²) < 4.78 is 42.9. The highest BCUT2D eigenvalue weighted by molar-refractivity contribution is 4.87. The smallest absolute Gasteiger partial charge is 0.379 e. The van der Waals surface area contributed by atoms with Crippen molar-refractivity contribution in [1.29, 1.82) is 0 Å². The zero-order valence-electron chi connectivity index (χ0n) is 10.1. The van der Waals surface area contributed by atoms with E-state index in [1.807, 2.05) is 0 Å². The molecule has 0 aromatic heterocycles. The van der Waals surface area contributed by atoms with Crippen molar-refractivity contribution in [3.63, 3.8) is 0 Å². The minimum absolute atomic E-state index is 0.183. The van der Waals surface area contributed by atoms with Crippen LogP contribution in [-0.2, 0) is 4.74 Å². The Morgan fingerprint density at radius 3 is 2.19 bits per heavy atom. The van der Waals surface area contributed by atoms with E-state index in [9.17, 15) is 18.3 Å². The van der Waals surface area contributed by atoms with E-state index in [0.29, 0.717) is 12.8 Å². The third-order valence-corrected chi connectivity index (χ3v) is 2.60. The highest BCUT2D eigenvalue weighted by atomic mass is 19.4. The predicted octanol–water partition coefficient (Wildman–Crippen LogP) is 3.14. The fourth-order valence-corrected chi connectivity index (χ4v) is 1.36. The number of ether oxygens (including phenoxy) is 1. The van der Waals surface area contributed by atoms with E-state index in [4.69, 9.17) is 4.74 Å². The maximum atomic E-state index is 12.7. The highest BCUT2D eigenvalue weighted by Crippen LogP contribution is 2.36. The maximum absolute atomic E-state index is 12.7. The van der Waals surface area contributed by atoms with Crippen LogP contribution in [0.15, 0.2) is 0 Å². The van der Waals surface area contributed by atoms with Gasteiger partial charge in [0, 0.05) is 6.61 Å². The topological polar surface area (TPSA) is 29.5 Å². The van der Waals surface area contributed by atoms with Crippen LogP contribution in [0.3, 0.4) is 0 Å². The summed E-state index contributed by atoms with van der Waals surface area (Å²) in [5.74, 6) is -0.183. The van der Waals surface area contributed by atoms with Gasteiger partial charge in [0.05, 0.1) is 6.61 Å². The van der Waals surface area contributed by atoms with Crippen molar-refractivity contribution in [1.82, 2.24) is 0 Å². The molecule has 0 aromatic rings. The van der Waals surface area contributed by atoms with Gasteiger partial charge in [-0.3, -0.25) is 0 Å². The fraction of sp³-hybridized carbons (Fsp3) is 1.00. The first-order chi connectivity index (χ1) is 7.27. The molecule has 0 bridgehead atoms. The van der Waals surface area contributed by atoms with Gasteiger partial charge in [0.1, 0.15) is 0 Å². The van der Waals surface area contributed by atoms with E-state index < -0.39 is 18.4 Å². The summed E-state index contributed by atoms with van der Waals surface area (Å²) in [5, 5.41) is 9.63. The average Bonchev–Trinajstić information content (AvgIpc) is 2.16. The van der Waals surface area contributed by atoms with E-state index in [0.717, 1.165) is 0 Å². The molecular weight excluding hydrogens is 221 g/mol. The van der Waals surface area contributed by atoms with Crippen LogP contribution < -0.4 is 0 Å². The van der Waals surface area contributed by atoms with Gasteiger partial charge in [-0.15, -0.1) is 0 Å². The van der Waals surface area contributed by atoms with Crippen molar-refractivity contribution in [3.8, 4) is 0 Å². The van der Waals surface area contributed by atoms with Crippen molar-refractivity contribution >= 4 is 0 Å². The standard InChI is InChI=1S/C11H21F3O2/c1-4-6-16-8-10(15,11(12,13)14)7-9(3)5-2/h9,15H,4-8H2,1-3H3. The molecule has 0 fully saturated rings. The van der Waals surface area contributed by atoms with Crippen molar-refractivity contribution < 1.29 is 23.0 Å². The summed E-state index contributed by atoms with van der Waals surface area (Å²) in [7, 11) is 0. The molecule has 0 aliphatic heterocycles. The molecule has 2 unspecified atom stereocenters. The molecule has 0 radical (unpaired) electrons. The second-order valence-electron chi connectivity index (χ2n) is 4.30. The lowest BCUT2D eigenvalue weighted by Crippen LogP contribution is -2.50. The van der Waals surface area contributed by atoms with E-state index in [1.54, 1.807) is 20.8 Å². The summed E-state index contributed by atoms with van der Waals surface area (Å²) in [6.45, 7) is 4.86. The number of hydrogen-bond donors (Lipinski definition) is 1. The normalized spacial score (nSPS) is 18.2.